The lowest BCUT2D eigenvalue weighted by Crippen LogP contribution is -2.06. The highest BCUT2D eigenvalue weighted by atomic mass is 32.2. The highest BCUT2D eigenvalue weighted by Gasteiger charge is 2.16. The third kappa shape index (κ3) is 2.39. The summed E-state index contributed by atoms with van der Waals surface area (Å²) >= 11 is -2.53. The van der Waals surface area contributed by atoms with Crippen molar-refractivity contribution in [2.24, 2.45) is 0 Å². The number of aromatic carboxylic acids is 2. The molecule has 0 amide bonds. The van der Waals surface area contributed by atoms with Gasteiger partial charge in [-0.15, -0.1) is 0 Å². The summed E-state index contributed by atoms with van der Waals surface area (Å²) in [5, 5.41) is 17.2. The molecule has 0 aliphatic carbocycles. The van der Waals surface area contributed by atoms with Crippen molar-refractivity contribution in [3.63, 3.8) is 0 Å². The zero-order chi connectivity index (χ0) is 11.6. The smallest absolute Gasteiger partial charge is 0.337 e. The van der Waals surface area contributed by atoms with Gasteiger partial charge in [0.2, 0.25) is 0 Å². The number of hydrogen-bond acceptors (Lipinski definition) is 3. The molecule has 1 atom stereocenters. The maximum Gasteiger partial charge on any atom is 0.337 e. The van der Waals surface area contributed by atoms with Crippen LogP contribution in [0.5, 0.6) is 0 Å². The molecule has 0 fully saturated rings. The lowest BCUT2D eigenvalue weighted by Gasteiger charge is -2.02. The number of hydrogen-bond donors (Lipinski definition) is 3. The zero-order valence-electron chi connectivity index (χ0n) is 7.21. The van der Waals surface area contributed by atoms with E-state index < -0.39 is 27.9 Å². The zero-order valence-corrected chi connectivity index (χ0v) is 8.02. The molecule has 1 unspecified atom stereocenters. The number of benzene rings is 1. The summed E-state index contributed by atoms with van der Waals surface area (Å²) in [6, 6.07) is 2.90. The van der Waals surface area contributed by atoms with Gasteiger partial charge in [0.25, 0.3) is 0 Å². The van der Waals surface area contributed by atoms with Crippen LogP contribution in [0.4, 0.5) is 0 Å². The van der Waals surface area contributed by atoms with Gasteiger partial charge in [0.15, 0.2) is 11.1 Å². The van der Waals surface area contributed by atoms with Crippen LogP contribution in [-0.4, -0.2) is 30.9 Å². The molecule has 3 N–H and O–H groups in total. The molecule has 1 aromatic carbocycles. The molecule has 80 valence electrons. The first kappa shape index (κ1) is 11.3. The standard InChI is InChI=1S/C8H6O6S/c9-7(10)4-1-2-5(8(11)12)6(3-4)15(13)14/h1-3H,(H,9,10)(H,11,12)(H,13,14). The predicted octanol–water partition coefficient (Wildman–Crippen LogP) is 0.664. The highest BCUT2D eigenvalue weighted by molar-refractivity contribution is 7.79. The first-order chi connectivity index (χ1) is 6.93. The van der Waals surface area contributed by atoms with Crippen LogP contribution in [0.1, 0.15) is 20.7 Å². The molecule has 0 bridgehead atoms. The summed E-state index contributed by atoms with van der Waals surface area (Å²) in [5.41, 5.74) is -0.627. The molecule has 0 aromatic heterocycles. The second kappa shape index (κ2) is 4.20. The van der Waals surface area contributed by atoms with E-state index in [9.17, 15) is 13.8 Å². The fraction of sp³-hybridized carbons (Fsp3) is 0. The van der Waals surface area contributed by atoms with Crippen molar-refractivity contribution in [3.05, 3.63) is 29.3 Å². The van der Waals surface area contributed by atoms with Crippen molar-refractivity contribution in [2.75, 3.05) is 0 Å². The van der Waals surface area contributed by atoms with Crippen LogP contribution in [0.3, 0.4) is 0 Å². The molecule has 6 nitrogen and oxygen atoms in total. The van der Waals surface area contributed by atoms with E-state index in [0.29, 0.717) is 0 Å². The van der Waals surface area contributed by atoms with E-state index in [1.807, 2.05) is 0 Å². The largest absolute Gasteiger partial charge is 0.478 e. The lowest BCUT2D eigenvalue weighted by atomic mass is 10.1. The number of carboxylic acids is 2. The summed E-state index contributed by atoms with van der Waals surface area (Å²) in [4.78, 5) is 20.7. The number of carbonyl (C=O) groups is 2. The van der Waals surface area contributed by atoms with Gasteiger partial charge >= 0.3 is 11.9 Å². The lowest BCUT2D eigenvalue weighted by molar-refractivity contribution is 0.0678. The third-order valence-electron chi connectivity index (χ3n) is 1.65. The molecule has 0 aliphatic rings. The van der Waals surface area contributed by atoms with Gasteiger partial charge in [0, 0.05) is 0 Å². The molecule has 1 rings (SSSR count). The highest BCUT2D eigenvalue weighted by Crippen LogP contribution is 2.15. The van der Waals surface area contributed by atoms with Crippen LogP contribution < -0.4 is 0 Å². The fourth-order valence-electron chi connectivity index (χ4n) is 0.977. The minimum absolute atomic E-state index is 0.239. The van der Waals surface area contributed by atoms with Gasteiger partial charge in [-0.2, -0.15) is 0 Å². The van der Waals surface area contributed by atoms with Crippen LogP contribution in [0.25, 0.3) is 0 Å². The van der Waals surface area contributed by atoms with Crippen LogP contribution >= 0.6 is 0 Å². The molecular weight excluding hydrogens is 224 g/mol. The van der Waals surface area contributed by atoms with Gasteiger partial charge in [0.05, 0.1) is 16.0 Å². The average molecular weight is 230 g/mol. The number of rotatable bonds is 3. The van der Waals surface area contributed by atoms with Crippen molar-refractivity contribution >= 4 is 23.0 Å². The third-order valence-corrected chi connectivity index (χ3v) is 2.36. The molecule has 0 saturated carbocycles. The van der Waals surface area contributed by atoms with E-state index in [4.69, 9.17) is 14.8 Å². The first-order valence-corrected chi connectivity index (χ1v) is 4.75. The molecule has 7 heteroatoms. The van der Waals surface area contributed by atoms with Gasteiger partial charge in [-0.05, 0) is 18.2 Å². The molecule has 0 radical (unpaired) electrons. The van der Waals surface area contributed by atoms with Crippen molar-refractivity contribution in [2.45, 2.75) is 4.90 Å². The molecule has 0 aliphatic heterocycles. The number of carboxylic acid groups (broad SMARTS) is 2. The Kier molecular flexibility index (Phi) is 3.17. The monoisotopic (exact) mass is 230 g/mol. The van der Waals surface area contributed by atoms with Crippen molar-refractivity contribution < 1.29 is 28.6 Å². The fourth-order valence-corrected chi connectivity index (χ4v) is 1.55. The van der Waals surface area contributed by atoms with E-state index in [0.717, 1.165) is 18.2 Å². The minimum Gasteiger partial charge on any atom is -0.478 e. The van der Waals surface area contributed by atoms with Crippen LogP contribution in [0, 0.1) is 0 Å². The summed E-state index contributed by atoms with van der Waals surface area (Å²) in [5.74, 6) is -2.68. The van der Waals surface area contributed by atoms with Crippen molar-refractivity contribution in [1.82, 2.24) is 0 Å². The van der Waals surface area contributed by atoms with E-state index in [-0.39, 0.29) is 11.1 Å². The van der Waals surface area contributed by atoms with E-state index in [2.05, 4.69) is 0 Å². The summed E-state index contributed by atoms with van der Waals surface area (Å²) in [6.45, 7) is 0. The second-order valence-electron chi connectivity index (χ2n) is 2.57. The molecule has 0 saturated heterocycles. The molecular formula is C8H6O6S. The summed E-state index contributed by atoms with van der Waals surface area (Å²) in [6.07, 6.45) is 0. The first-order valence-electron chi connectivity index (χ1n) is 3.65. The second-order valence-corrected chi connectivity index (χ2v) is 3.51. The van der Waals surface area contributed by atoms with Crippen molar-refractivity contribution in [1.29, 1.82) is 0 Å². The maximum absolute atomic E-state index is 10.8. The Bertz CT molecular complexity index is 452. The van der Waals surface area contributed by atoms with E-state index >= 15 is 0 Å². The van der Waals surface area contributed by atoms with E-state index in [1.165, 1.54) is 0 Å². The Balaban J connectivity index is 3.40. The minimum atomic E-state index is -2.53. The Morgan fingerprint density at radius 2 is 1.73 bits per heavy atom. The van der Waals surface area contributed by atoms with Crippen LogP contribution in [0.2, 0.25) is 0 Å². The Hall–Kier alpha value is -1.73. The molecule has 0 spiro atoms. The maximum atomic E-state index is 10.8. The van der Waals surface area contributed by atoms with Gasteiger partial charge in [-0.1, -0.05) is 0 Å². The predicted molar refractivity (Wildman–Crippen MR) is 49.4 cm³/mol. The van der Waals surface area contributed by atoms with Crippen molar-refractivity contribution in [3.8, 4) is 0 Å². The normalized spacial score (nSPS) is 12.1. The average Bonchev–Trinajstić information content (AvgIpc) is 2.16. The molecule has 15 heavy (non-hydrogen) atoms. The Labute approximate surface area is 86.5 Å². The molecule has 1 aromatic rings. The quantitative estimate of drug-likeness (QED) is 0.657. The summed E-state index contributed by atoms with van der Waals surface area (Å²) < 4.78 is 19.5. The summed E-state index contributed by atoms with van der Waals surface area (Å²) in [7, 11) is 0. The topological polar surface area (TPSA) is 112 Å². The SMILES string of the molecule is O=C(O)c1ccc(C(=O)O)c(S(=O)O)c1. The van der Waals surface area contributed by atoms with Gasteiger partial charge in [0.1, 0.15) is 0 Å². The van der Waals surface area contributed by atoms with E-state index in [1.54, 1.807) is 0 Å². The van der Waals surface area contributed by atoms with Gasteiger partial charge in [-0.3, -0.25) is 0 Å². The Morgan fingerprint density at radius 1 is 1.13 bits per heavy atom. The molecule has 0 heterocycles. The van der Waals surface area contributed by atoms with Gasteiger partial charge in [-0.25, -0.2) is 13.8 Å². The van der Waals surface area contributed by atoms with Crippen LogP contribution in [0.15, 0.2) is 23.1 Å². The van der Waals surface area contributed by atoms with Gasteiger partial charge < -0.3 is 14.8 Å². The Morgan fingerprint density at radius 3 is 2.13 bits per heavy atom. The van der Waals surface area contributed by atoms with Crippen LogP contribution in [-0.2, 0) is 11.1 Å².